The molecule has 0 bridgehead atoms. The maximum Gasteiger partial charge on any atom is 0.0175 e. The van der Waals surface area contributed by atoms with Crippen LogP contribution in [0.25, 0.3) is 0 Å². The number of nitrogens with zero attached hydrogens (tertiary/aromatic N) is 1. The predicted molar refractivity (Wildman–Crippen MR) is 85.6 cm³/mol. The second kappa shape index (κ2) is 8.03. The summed E-state index contributed by atoms with van der Waals surface area (Å²) in [5.41, 5.74) is 1.40. The summed E-state index contributed by atoms with van der Waals surface area (Å²) in [7, 11) is 0. The number of nitrogens with one attached hydrogen (secondary N) is 1. The molecule has 2 nitrogen and oxygen atoms in total. The van der Waals surface area contributed by atoms with Crippen LogP contribution in [0, 0.1) is 0 Å². The summed E-state index contributed by atoms with van der Waals surface area (Å²) in [5.74, 6) is 0. The van der Waals surface area contributed by atoms with Crippen molar-refractivity contribution in [1.29, 1.82) is 0 Å². The summed E-state index contributed by atoms with van der Waals surface area (Å²) >= 11 is 3.47. The fourth-order valence-corrected chi connectivity index (χ4v) is 2.97. The van der Waals surface area contributed by atoms with E-state index < -0.39 is 0 Å². The van der Waals surface area contributed by atoms with Crippen molar-refractivity contribution in [2.45, 2.75) is 38.6 Å². The Balaban J connectivity index is 1.63. The van der Waals surface area contributed by atoms with Crippen LogP contribution in [0.15, 0.2) is 28.7 Å². The molecular weight excluding hydrogens is 300 g/mol. The maximum absolute atomic E-state index is 3.64. The predicted octanol–water partition coefficient (Wildman–Crippen LogP) is 3.46. The van der Waals surface area contributed by atoms with Gasteiger partial charge in [-0.2, -0.15) is 0 Å². The van der Waals surface area contributed by atoms with Gasteiger partial charge in [0.2, 0.25) is 0 Å². The van der Waals surface area contributed by atoms with Crippen LogP contribution in [0.4, 0.5) is 0 Å². The van der Waals surface area contributed by atoms with Gasteiger partial charge in [0.15, 0.2) is 0 Å². The zero-order valence-corrected chi connectivity index (χ0v) is 13.5. The summed E-state index contributed by atoms with van der Waals surface area (Å²) in [4.78, 5) is 2.60. The molecule has 1 unspecified atom stereocenters. The van der Waals surface area contributed by atoms with Gasteiger partial charge in [-0.15, -0.1) is 0 Å². The van der Waals surface area contributed by atoms with Crippen molar-refractivity contribution in [2.75, 3.05) is 26.2 Å². The van der Waals surface area contributed by atoms with Gasteiger partial charge in [-0.1, -0.05) is 34.5 Å². The molecule has 1 aromatic carbocycles. The van der Waals surface area contributed by atoms with Gasteiger partial charge in [0.1, 0.15) is 0 Å². The van der Waals surface area contributed by atoms with Crippen molar-refractivity contribution in [3.63, 3.8) is 0 Å². The van der Waals surface area contributed by atoms with Crippen LogP contribution in [-0.4, -0.2) is 37.1 Å². The Morgan fingerprint density at radius 2 is 1.84 bits per heavy atom. The van der Waals surface area contributed by atoms with E-state index in [-0.39, 0.29) is 0 Å². The Kier molecular flexibility index (Phi) is 6.35. The number of rotatable bonds is 6. The van der Waals surface area contributed by atoms with Crippen molar-refractivity contribution >= 4 is 15.9 Å². The third-order valence-corrected chi connectivity index (χ3v) is 4.33. The molecule has 0 spiro atoms. The summed E-state index contributed by atoms with van der Waals surface area (Å²) in [6.07, 6.45) is 5.29. The van der Waals surface area contributed by atoms with E-state index >= 15 is 0 Å². The minimum atomic E-state index is 0.591. The normalized spacial score (nSPS) is 18.4. The summed E-state index contributed by atoms with van der Waals surface area (Å²) in [6, 6.07) is 9.22. The van der Waals surface area contributed by atoms with E-state index in [0.29, 0.717) is 6.04 Å². The van der Waals surface area contributed by atoms with E-state index in [2.05, 4.69) is 57.3 Å². The Labute approximate surface area is 125 Å². The van der Waals surface area contributed by atoms with E-state index in [1.807, 2.05) is 0 Å². The molecule has 1 atom stereocenters. The zero-order valence-electron chi connectivity index (χ0n) is 11.9. The summed E-state index contributed by atoms with van der Waals surface area (Å²) in [6.45, 7) is 7.14. The van der Waals surface area contributed by atoms with Crippen molar-refractivity contribution in [1.82, 2.24) is 10.2 Å². The lowest BCUT2D eigenvalue weighted by Gasteiger charge is -2.29. The molecule has 0 amide bonds. The first kappa shape index (κ1) is 15.0. The van der Waals surface area contributed by atoms with Crippen molar-refractivity contribution < 1.29 is 0 Å². The minimum absolute atomic E-state index is 0.591. The highest BCUT2D eigenvalue weighted by Gasteiger charge is 2.12. The molecule has 19 heavy (non-hydrogen) atoms. The molecule has 1 aliphatic rings. The van der Waals surface area contributed by atoms with Gasteiger partial charge in [0.05, 0.1) is 0 Å². The first-order valence-corrected chi connectivity index (χ1v) is 8.23. The molecule has 106 valence electrons. The second-order valence-corrected chi connectivity index (χ2v) is 6.51. The lowest BCUT2D eigenvalue weighted by Crippen LogP contribution is -2.42. The number of benzene rings is 1. The van der Waals surface area contributed by atoms with E-state index in [1.165, 1.54) is 44.5 Å². The maximum atomic E-state index is 3.64. The molecule has 1 heterocycles. The van der Waals surface area contributed by atoms with Crippen molar-refractivity contribution in [2.24, 2.45) is 0 Å². The topological polar surface area (TPSA) is 15.3 Å². The quantitative estimate of drug-likeness (QED) is 0.862. The van der Waals surface area contributed by atoms with Crippen LogP contribution in [0.5, 0.6) is 0 Å². The number of likely N-dealkylation sites (tertiary alicyclic amines) is 1. The van der Waals surface area contributed by atoms with Crippen LogP contribution in [0.1, 0.15) is 31.7 Å². The average Bonchev–Trinajstić information content (AvgIpc) is 2.42. The molecule has 0 aromatic heterocycles. The Morgan fingerprint density at radius 1 is 1.16 bits per heavy atom. The smallest absolute Gasteiger partial charge is 0.0175 e. The number of hydrogen-bond acceptors (Lipinski definition) is 2. The largest absolute Gasteiger partial charge is 0.313 e. The molecule has 2 rings (SSSR count). The first-order valence-electron chi connectivity index (χ1n) is 7.44. The Hall–Kier alpha value is -0.380. The lowest BCUT2D eigenvalue weighted by molar-refractivity contribution is 0.209. The molecule has 0 radical (unpaired) electrons. The Bertz CT molecular complexity index is 358. The molecule has 1 N–H and O–H groups in total. The molecule has 1 fully saturated rings. The van der Waals surface area contributed by atoms with Crippen LogP contribution in [0.3, 0.4) is 0 Å². The van der Waals surface area contributed by atoms with Gasteiger partial charge >= 0.3 is 0 Å². The first-order chi connectivity index (χ1) is 9.24. The van der Waals surface area contributed by atoms with Crippen LogP contribution < -0.4 is 5.32 Å². The zero-order chi connectivity index (χ0) is 13.5. The summed E-state index contributed by atoms with van der Waals surface area (Å²) in [5, 5.41) is 3.64. The van der Waals surface area contributed by atoms with Gasteiger partial charge < -0.3 is 10.2 Å². The van der Waals surface area contributed by atoms with Gasteiger partial charge in [0.25, 0.3) is 0 Å². The number of piperidine rings is 1. The van der Waals surface area contributed by atoms with Crippen molar-refractivity contribution in [3.8, 4) is 0 Å². The molecule has 0 saturated carbocycles. The Morgan fingerprint density at radius 3 is 2.53 bits per heavy atom. The van der Waals surface area contributed by atoms with Gasteiger partial charge in [-0.25, -0.2) is 0 Å². The van der Waals surface area contributed by atoms with Crippen LogP contribution in [-0.2, 0) is 6.42 Å². The number of halogens is 1. The third kappa shape index (κ3) is 5.64. The highest BCUT2D eigenvalue weighted by Crippen LogP contribution is 2.11. The monoisotopic (exact) mass is 324 g/mol. The lowest BCUT2D eigenvalue weighted by atomic mass is 10.1. The van der Waals surface area contributed by atoms with Gasteiger partial charge in [-0.3, -0.25) is 0 Å². The second-order valence-electron chi connectivity index (χ2n) is 5.59. The molecule has 3 heteroatoms. The SMILES string of the molecule is CC(CN1CCCCC1)NCCc1ccc(Br)cc1. The van der Waals surface area contributed by atoms with Gasteiger partial charge in [0, 0.05) is 17.1 Å². The molecular formula is C16H25BrN2. The molecule has 0 aliphatic carbocycles. The highest BCUT2D eigenvalue weighted by atomic mass is 79.9. The number of hydrogen-bond donors (Lipinski definition) is 1. The molecule has 1 aromatic rings. The van der Waals surface area contributed by atoms with E-state index in [0.717, 1.165) is 17.4 Å². The van der Waals surface area contributed by atoms with E-state index in [1.54, 1.807) is 0 Å². The van der Waals surface area contributed by atoms with E-state index in [4.69, 9.17) is 0 Å². The fraction of sp³-hybridized carbons (Fsp3) is 0.625. The fourth-order valence-electron chi connectivity index (χ4n) is 2.71. The highest BCUT2D eigenvalue weighted by molar-refractivity contribution is 9.10. The summed E-state index contributed by atoms with van der Waals surface area (Å²) < 4.78 is 1.16. The average molecular weight is 325 g/mol. The van der Waals surface area contributed by atoms with Crippen LogP contribution >= 0.6 is 15.9 Å². The van der Waals surface area contributed by atoms with Gasteiger partial charge in [-0.05, 0) is 63.5 Å². The molecule has 1 aliphatic heterocycles. The minimum Gasteiger partial charge on any atom is -0.313 e. The molecule has 1 saturated heterocycles. The van der Waals surface area contributed by atoms with Crippen LogP contribution in [0.2, 0.25) is 0 Å². The van der Waals surface area contributed by atoms with E-state index in [9.17, 15) is 0 Å². The third-order valence-electron chi connectivity index (χ3n) is 3.80. The standard InChI is InChI=1S/C16H25BrN2/c1-14(13-19-11-3-2-4-12-19)18-10-9-15-5-7-16(17)8-6-15/h5-8,14,18H,2-4,9-13H2,1H3. The van der Waals surface area contributed by atoms with Crippen molar-refractivity contribution in [3.05, 3.63) is 34.3 Å².